The van der Waals surface area contributed by atoms with Gasteiger partial charge in [-0.05, 0) is 35.2 Å². The van der Waals surface area contributed by atoms with Crippen LogP contribution in [0.15, 0.2) is 15.5 Å². The van der Waals surface area contributed by atoms with Gasteiger partial charge in [-0.1, -0.05) is 0 Å². The zero-order valence-electron chi connectivity index (χ0n) is 10.8. The van der Waals surface area contributed by atoms with Crippen LogP contribution < -0.4 is 16.2 Å². The Morgan fingerprint density at radius 3 is 3.00 bits per heavy atom. The molecule has 0 radical (unpaired) electrons. The minimum absolute atomic E-state index is 0.102. The van der Waals surface area contributed by atoms with E-state index in [2.05, 4.69) is 31.7 Å². The molecule has 2 rings (SSSR count). The number of carbonyl (C=O) groups excluding carboxylic acids is 1. The first-order valence-electron chi connectivity index (χ1n) is 6.33. The van der Waals surface area contributed by atoms with Crippen LogP contribution in [0.2, 0.25) is 0 Å². The second kappa shape index (κ2) is 6.18. The lowest BCUT2D eigenvalue weighted by Crippen LogP contribution is -2.25. The molecule has 0 spiro atoms. The molecule has 0 aromatic carbocycles. The van der Waals surface area contributed by atoms with Crippen LogP contribution in [-0.4, -0.2) is 28.3 Å². The molecule has 0 saturated heterocycles. The summed E-state index contributed by atoms with van der Waals surface area (Å²) in [6.07, 6.45) is 5.03. The third-order valence-corrected chi connectivity index (χ3v) is 3.68. The summed E-state index contributed by atoms with van der Waals surface area (Å²) in [6, 6.07) is 0.413. The molecule has 1 saturated carbocycles. The quantitative estimate of drug-likeness (QED) is 0.764. The lowest BCUT2D eigenvalue weighted by Gasteiger charge is -2.08. The van der Waals surface area contributed by atoms with Gasteiger partial charge < -0.3 is 10.6 Å². The van der Waals surface area contributed by atoms with E-state index in [0.29, 0.717) is 29.2 Å². The third-order valence-electron chi connectivity index (χ3n) is 2.92. The van der Waals surface area contributed by atoms with Crippen molar-refractivity contribution in [2.45, 2.75) is 31.7 Å². The summed E-state index contributed by atoms with van der Waals surface area (Å²) < 4.78 is 1.73. The van der Waals surface area contributed by atoms with Crippen molar-refractivity contribution in [3.05, 3.63) is 21.0 Å². The summed E-state index contributed by atoms with van der Waals surface area (Å²) >= 11 is 3.24. The Morgan fingerprint density at radius 2 is 2.32 bits per heavy atom. The Hall–Kier alpha value is -1.37. The summed E-state index contributed by atoms with van der Waals surface area (Å²) in [5.74, 6) is 0.102. The predicted octanol–water partition coefficient (Wildman–Crippen LogP) is 1.01. The van der Waals surface area contributed by atoms with Gasteiger partial charge in [-0.3, -0.25) is 9.59 Å². The molecular formula is C12H17BrN4O2. The van der Waals surface area contributed by atoms with Crippen molar-refractivity contribution in [1.29, 1.82) is 0 Å². The lowest BCUT2D eigenvalue weighted by atomic mass is 10.3. The highest BCUT2D eigenvalue weighted by molar-refractivity contribution is 9.10. The van der Waals surface area contributed by atoms with Gasteiger partial charge in [0, 0.05) is 26.1 Å². The van der Waals surface area contributed by atoms with Crippen LogP contribution in [0, 0.1) is 0 Å². The standard InChI is InChI=1S/C12H17BrN4O2/c1-17-12(19)11(13)9(7-15-17)14-6-2-3-10(18)16-8-4-5-8/h7-8,14H,2-6H2,1H3,(H,16,18). The molecule has 1 amide bonds. The molecule has 1 aliphatic rings. The molecule has 0 atom stereocenters. The number of amides is 1. The second-order valence-corrected chi connectivity index (χ2v) is 5.47. The normalized spacial score (nSPS) is 14.2. The van der Waals surface area contributed by atoms with Crippen LogP contribution in [0.5, 0.6) is 0 Å². The summed E-state index contributed by atoms with van der Waals surface area (Å²) in [5, 5.41) is 9.97. The molecule has 1 heterocycles. The van der Waals surface area contributed by atoms with E-state index in [-0.39, 0.29) is 11.5 Å². The number of carbonyl (C=O) groups is 1. The van der Waals surface area contributed by atoms with Crippen LogP contribution in [-0.2, 0) is 11.8 Å². The first-order valence-corrected chi connectivity index (χ1v) is 7.12. The van der Waals surface area contributed by atoms with Gasteiger partial charge >= 0.3 is 0 Å². The Kier molecular flexibility index (Phi) is 4.57. The van der Waals surface area contributed by atoms with Crippen molar-refractivity contribution < 1.29 is 4.79 Å². The second-order valence-electron chi connectivity index (χ2n) is 4.67. The topological polar surface area (TPSA) is 76.0 Å². The largest absolute Gasteiger partial charge is 0.383 e. The SMILES string of the molecule is Cn1ncc(NCCCC(=O)NC2CC2)c(Br)c1=O. The lowest BCUT2D eigenvalue weighted by molar-refractivity contribution is -0.121. The number of nitrogens with zero attached hydrogens (tertiary/aromatic N) is 2. The summed E-state index contributed by atoms with van der Waals surface area (Å²) in [4.78, 5) is 23.1. The number of hydrogen-bond donors (Lipinski definition) is 2. The number of halogens is 1. The fourth-order valence-corrected chi connectivity index (χ4v) is 2.13. The zero-order valence-corrected chi connectivity index (χ0v) is 12.4. The molecule has 2 N–H and O–H groups in total. The van der Waals surface area contributed by atoms with Gasteiger partial charge in [-0.15, -0.1) is 0 Å². The fraction of sp³-hybridized carbons (Fsp3) is 0.583. The summed E-state index contributed by atoms with van der Waals surface area (Å²) in [5.41, 5.74) is 0.474. The van der Waals surface area contributed by atoms with E-state index in [1.807, 2.05) is 0 Å². The van der Waals surface area contributed by atoms with Gasteiger partial charge in [0.2, 0.25) is 5.91 Å². The number of nitrogens with one attached hydrogen (secondary N) is 2. The average molecular weight is 329 g/mol. The third kappa shape index (κ3) is 4.05. The minimum Gasteiger partial charge on any atom is -0.383 e. The number of aromatic nitrogens is 2. The molecule has 0 aliphatic heterocycles. The van der Waals surface area contributed by atoms with Crippen molar-refractivity contribution in [2.75, 3.05) is 11.9 Å². The average Bonchev–Trinajstić information content (AvgIpc) is 3.18. The van der Waals surface area contributed by atoms with Gasteiger partial charge in [0.1, 0.15) is 4.47 Å². The Balaban J connectivity index is 1.74. The van der Waals surface area contributed by atoms with Crippen molar-refractivity contribution in [1.82, 2.24) is 15.1 Å². The smallest absolute Gasteiger partial charge is 0.282 e. The molecule has 6 nitrogen and oxygen atoms in total. The molecule has 1 aliphatic carbocycles. The first kappa shape index (κ1) is 14.0. The van der Waals surface area contributed by atoms with E-state index in [4.69, 9.17) is 0 Å². The van der Waals surface area contributed by atoms with E-state index < -0.39 is 0 Å². The molecule has 104 valence electrons. The van der Waals surface area contributed by atoms with Crippen molar-refractivity contribution in [3.8, 4) is 0 Å². The molecule has 1 fully saturated rings. The first-order chi connectivity index (χ1) is 9.08. The molecule has 1 aromatic rings. The highest BCUT2D eigenvalue weighted by atomic mass is 79.9. The molecule has 19 heavy (non-hydrogen) atoms. The van der Waals surface area contributed by atoms with Gasteiger partial charge in [0.25, 0.3) is 5.56 Å². The van der Waals surface area contributed by atoms with Crippen LogP contribution >= 0.6 is 15.9 Å². The molecule has 0 unspecified atom stereocenters. The predicted molar refractivity (Wildman–Crippen MR) is 76.1 cm³/mol. The molecule has 0 bridgehead atoms. The summed E-state index contributed by atoms with van der Waals surface area (Å²) in [6.45, 7) is 0.630. The van der Waals surface area contributed by atoms with E-state index in [9.17, 15) is 9.59 Å². The molecular weight excluding hydrogens is 312 g/mol. The van der Waals surface area contributed by atoms with E-state index >= 15 is 0 Å². The van der Waals surface area contributed by atoms with Crippen LogP contribution in [0.25, 0.3) is 0 Å². The number of aryl methyl sites for hydroxylation is 1. The fourth-order valence-electron chi connectivity index (χ4n) is 1.63. The Labute approximate surface area is 119 Å². The maximum absolute atomic E-state index is 11.6. The van der Waals surface area contributed by atoms with Crippen molar-refractivity contribution in [2.24, 2.45) is 7.05 Å². The van der Waals surface area contributed by atoms with E-state index in [1.54, 1.807) is 13.2 Å². The minimum atomic E-state index is -0.184. The van der Waals surface area contributed by atoms with Gasteiger partial charge in [-0.25, -0.2) is 4.68 Å². The zero-order chi connectivity index (χ0) is 13.8. The monoisotopic (exact) mass is 328 g/mol. The highest BCUT2D eigenvalue weighted by Crippen LogP contribution is 2.19. The van der Waals surface area contributed by atoms with Crippen molar-refractivity contribution >= 4 is 27.5 Å². The Morgan fingerprint density at radius 1 is 1.58 bits per heavy atom. The summed E-state index contributed by atoms with van der Waals surface area (Å²) in [7, 11) is 1.60. The van der Waals surface area contributed by atoms with Crippen LogP contribution in [0.3, 0.4) is 0 Å². The Bertz CT molecular complexity index is 525. The van der Waals surface area contributed by atoms with Crippen LogP contribution in [0.4, 0.5) is 5.69 Å². The van der Waals surface area contributed by atoms with E-state index in [0.717, 1.165) is 19.3 Å². The van der Waals surface area contributed by atoms with Gasteiger partial charge in [0.15, 0.2) is 0 Å². The van der Waals surface area contributed by atoms with Gasteiger partial charge in [0.05, 0.1) is 11.9 Å². The van der Waals surface area contributed by atoms with Crippen LogP contribution in [0.1, 0.15) is 25.7 Å². The molecule has 1 aromatic heterocycles. The van der Waals surface area contributed by atoms with E-state index in [1.165, 1.54) is 4.68 Å². The van der Waals surface area contributed by atoms with Crippen molar-refractivity contribution in [3.63, 3.8) is 0 Å². The number of rotatable bonds is 6. The number of anilines is 1. The highest BCUT2D eigenvalue weighted by Gasteiger charge is 2.22. The maximum Gasteiger partial charge on any atom is 0.282 e. The number of hydrogen-bond acceptors (Lipinski definition) is 4. The maximum atomic E-state index is 11.6. The molecule has 7 heteroatoms. The van der Waals surface area contributed by atoms with Gasteiger partial charge in [-0.2, -0.15) is 5.10 Å².